The number of hydrogen-bond donors (Lipinski definition) is 1. The van der Waals surface area contributed by atoms with Gasteiger partial charge in [-0.05, 0) is 43.5 Å². The normalized spacial score (nSPS) is 14.8. The lowest BCUT2D eigenvalue weighted by molar-refractivity contribution is -0.274. The summed E-state index contributed by atoms with van der Waals surface area (Å²) < 4.78 is 42.8. The second-order valence-corrected chi connectivity index (χ2v) is 9.73. The van der Waals surface area contributed by atoms with E-state index in [1.807, 2.05) is 0 Å². The van der Waals surface area contributed by atoms with Crippen LogP contribution in [0.3, 0.4) is 0 Å². The van der Waals surface area contributed by atoms with E-state index in [0.29, 0.717) is 34.1 Å². The molecule has 37 heavy (non-hydrogen) atoms. The Morgan fingerprint density at radius 1 is 1.19 bits per heavy atom. The third kappa shape index (κ3) is 5.69. The lowest BCUT2D eigenvalue weighted by Gasteiger charge is -2.18. The first kappa shape index (κ1) is 26.0. The summed E-state index contributed by atoms with van der Waals surface area (Å²) in [6.45, 7) is 1.64. The molecule has 0 bridgehead atoms. The van der Waals surface area contributed by atoms with E-state index in [-0.39, 0.29) is 17.0 Å². The number of hydrogen-bond acceptors (Lipinski definition) is 8. The van der Waals surface area contributed by atoms with Gasteiger partial charge < -0.3 is 15.0 Å². The van der Waals surface area contributed by atoms with E-state index in [4.69, 9.17) is 0 Å². The number of carbonyl (C=O) groups is 2. The number of benzene rings is 1. The Kier molecular flexibility index (Phi) is 6.88. The molecule has 0 aliphatic heterocycles. The lowest BCUT2D eigenvalue weighted by atomic mass is 9.95. The van der Waals surface area contributed by atoms with Crippen LogP contribution in [0.1, 0.15) is 57.1 Å². The molecule has 1 aromatic carbocycles. The molecule has 1 saturated carbocycles. The molecule has 0 unspecified atom stereocenters. The highest BCUT2D eigenvalue weighted by atomic mass is 32.1. The van der Waals surface area contributed by atoms with Crippen molar-refractivity contribution in [3.05, 3.63) is 58.5 Å². The van der Waals surface area contributed by atoms with E-state index in [2.05, 4.69) is 31.1 Å². The monoisotopic (exact) mass is 530 g/mol. The summed E-state index contributed by atoms with van der Waals surface area (Å²) in [5.74, 6) is -1.49. The maximum Gasteiger partial charge on any atom is 0.573 e. The van der Waals surface area contributed by atoms with Crippen LogP contribution in [-0.4, -0.2) is 52.1 Å². The Balaban J connectivity index is 1.62. The molecular formula is C24H21F3N6O3S. The van der Waals surface area contributed by atoms with Crippen molar-refractivity contribution < 1.29 is 27.5 Å². The standard InChI is InChI=1S/C24H21F3N6O3S/c1-13(18-19(30-7-6-29-18)21-31-11-17(37-21)22(35)33(2)3)32-20(34)14-8-15(23(12-28)4-5-23)10-16(9-14)36-24(25,26)27/h6-11,13H,4-5H2,1-3H3,(H,32,34)/t13-/m0/s1. The highest BCUT2D eigenvalue weighted by Crippen LogP contribution is 2.48. The minimum Gasteiger partial charge on any atom is -0.406 e. The first-order valence-electron chi connectivity index (χ1n) is 11.0. The van der Waals surface area contributed by atoms with E-state index in [1.54, 1.807) is 21.0 Å². The summed E-state index contributed by atoms with van der Waals surface area (Å²) in [6, 6.07) is 4.90. The molecule has 9 nitrogen and oxygen atoms in total. The summed E-state index contributed by atoms with van der Waals surface area (Å²) in [5, 5.41) is 12.6. The molecule has 192 valence electrons. The van der Waals surface area contributed by atoms with Crippen LogP contribution in [0, 0.1) is 11.3 Å². The number of ether oxygens (including phenoxy) is 1. The molecule has 0 saturated heterocycles. The molecule has 0 radical (unpaired) electrons. The van der Waals surface area contributed by atoms with Crippen molar-refractivity contribution in [3.8, 4) is 22.5 Å². The third-order valence-corrected chi connectivity index (χ3v) is 6.72. The zero-order valence-corrected chi connectivity index (χ0v) is 20.8. The maximum absolute atomic E-state index is 13.1. The van der Waals surface area contributed by atoms with Gasteiger partial charge in [-0.3, -0.25) is 19.6 Å². The summed E-state index contributed by atoms with van der Waals surface area (Å²) in [4.78, 5) is 40.1. The number of halogens is 3. The minimum atomic E-state index is -4.96. The van der Waals surface area contributed by atoms with Crippen LogP contribution in [0.2, 0.25) is 0 Å². The zero-order valence-electron chi connectivity index (χ0n) is 20.0. The number of alkyl halides is 3. The molecule has 0 spiro atoms. The number of aromatic nitrogens is 3. The lowest BCUT2D eigenvalue weighted by Crippen LogP contribution is -2.28. The molecule has 1 fully saturated rings. The molecule has 2 amide bonds. The molecular weight excluding hydrogens is 509 g/mol. The number of nitrogens with one attached hydrogen (secondary N) is 1. The van der Waals surface area contributed by atoms with E-state index in [9.17, 15) is 28.0 Å². The number of nitriles is 1. The molecule has 1 N–H and O–H groups in total. The molecule has 2 heterocycles. The van der Waals surface area contributed by atoms with Gasteiger partial charge in [0, 0.05) is 32.1 Å². The summed E-state index contributed by atoms with van der Waals surface area (Å²) in [7, 11) is 3.24. The van der Waals surface area contributed by atoms with Gasteiger partial charge in [-0.2, -0.15) is 5.26 Å². The summed E-state index contributed by atoms with van der Waals surface area (Å²) in [5.41, 5.74) is -0.0303. The van der Waals surface area contributed by atoms with Gasteiger partial charge in [0.1, 0.15) is 21.3 Å². The Labute approximate surface area is 213 Å². The van der Waals surface area contributed by atoms with Gasteiger partial charge in [-0.25, -0.2) is 4.98 Å². The van der Waals surface area contributed by atoms with Crippen LogP contribution >= 0.6 is 11.3 Å². The summed E-state index contributed by atoms with van der Waals surface area (Å²) >= 11 is 1.12. The quantitative estimate of drug-likeness (QED) is 0.485. The average molecular weight is 531 g/mol. The second-order valence-electron chi connectivity index (χ2n) is 8.70. The van der Waals surface area contributed by atoms with Crippen molar-refractivity contribution in [2.24, 2.45) is 0 Å². The fourth-order valence-electron chi connectivity index (χ4n) is 3.67. The van der Waals surface area contributed by atoms with Crippen LogP contribution in [0.15, 0.2) is 36.8 Å². The van der Waals surface area contributed by atoms with Crippen molar-refractivity contribution in [1.29, 1.82) is 5.26 Å². The largest absolute Gasteiger partial charge is 0.573 e. The van der Waals surface area contributed by atoms with Crippen molar-refractivity contribution in [2.75, 3.05) is 14.1 Å². The van der Waals surface area contributed by atoms with Crippen molar-refractivity contribution in [1.82, 2.24) is 25.2 Å². The predicted molar refractivity (Wildman–Crippen MR) is 127 cm³/mol. The SMILES string of the molecule is C[C@H](NC(=O)c1cc(OC(F)(F)F)cc(C2(C#N)CC2)c1)c1nccnc1-c1ncc(C(=O)N(C)C)s1. The van der Waals surface area contributed by atoms with Crippen molar-refractivity contribution in [3.63, 3.8) is 0 Å². The molecule has 1 aliphatic carbocycles. The first-order chi connectivity index (χ1) is 17.4. The number of thiazole rings is 1. The molecule has 1 aliphatic rings. The topological polar surface area (TPSA) is 121 Å². The Morgan fingerprint density at radius 2 is 1.89 bits per heavy atom. The van der Waals surface area contributed by atoms with Gasteiger partial charge in [-0.1, -0.05) is 0 Å². The number of rotatable bonds is 7. The molecule has 13 heteroatoms. The van der Waals surface area contributed by atoms with Gasteiger partial charge in [0.15, 0.2) is 0 Å². The number of nitrogens with zero attached hydrogens (tertiary/aromatic N) is 5. The van der Waals surface area contributed by atoms with Gasteiger partial charge >= 0.3 is 6.36 Å². The predicted octanol–water partition coefficient (Wildman–Crippen LogP) is 4.25. The second kappa shape index (κ2) is 9.78. The third-order valence-electron chi connectivity index (χ3n) is 5.73. The first-order valence-corrected chi connectivity index (χ1v) is 11.9. The van der Waals surface area contributed by atoms with Crippen LogP contribution in [-0.2, 0) is 5.41 Å². The molecule has 2 aromatic heterocycles. The highest BCUT2D eigenvalue weighted by molar-refractivity contribution is 7.16. The van der Waals surface area contributed by atoms with E-state index < -0.39 is 29.5 Å². The summed E-state index contributed by atoms with van der Waals surface area (Å²) in [6.07, 6.45) is 0.305. The van der Waals surface area contributed by atoms with E-state index >= 15 is 0 Å². The molecule has 3 aromatic rings. The fraction of sp³-hybridized carbons (Fsp3) is 0.333. The number of carbonyl (C=O) groups excluding carboxylic acids is 2. The average Bonchev–Trinajstić information content (AvgIpc) is 3.50. The maximum atomic E-state index is 13.1. The highest BCUT2D eigenvalue weighted by Gasteiger charge is 2.46. The zero-order chi connectivity index (χ0) is 27.0. The van der Waals surface area contributed by atoms with Crippen LogP contribution in [0.5, 0.6) is 5.75 Å². The van der Waals surface area contributed by atoms with Crippen molar-refractivity contribution >= 4 is 23.2 Å². The fourth-order valence-corrected chi connectivity index (χ4v) is 4.61. The van der Waals surface area contributed by atoms with Gasteiger partial charge in [0.25, 0.3) is 11.8 Å². The smallest absolute Gasteiger partial charge is 0.406 e. The van der Waals surface area contributed by atoms with Gasteiger partial charge in [0.05, 0.1) is 29.4 Å². The van der Waals surface area contributed by atoms with Crippen LogP contribution < -0.4 is 10.1 Å². The van der Waals surface area contributed by atoms with E-state index in [0.717, 1.165) is 23.5 Å². The minimum absolute atomic E-state index is 0.0938. The van der Waals surface area contributed by atoms with Gasteiger partial charge in [0.2, 0.25) is 0 Å². The Bertz CT molecular complexity index is 1390. The Hall–Kier alpha value is -4.05. The van der Waals surface area contributed by atoms with Crippen LogP contribution in [0.4, 0.5) is 13.2 Å². The van der Waals surface area contributed by atoms with Crippen LogP contribution in [0.25, 0.3) is 10.7 Å². The Morgan fingerprint density at radius 3 is 2.51 bits per heavy atom. The molecule has 4 rings (SSSR count). The number of amides is 2. The van der Waals surface area contributed by atoms with E-state index in [1.165, 1.54) is 29.6 Å². The molecule has 1 atom stereocenters. The van der Waals surface area contributed by atoms with Gasteiger partial charge in [-0.15, -0.1) is 24.5 Å². The van der Waals surface area contributed by atoms with Crippen molar-refractivity contribution in [2.45, 2.75) is 37.6 Å².